The Labute approximate surface area is 228 Å². The fourth-order valence-corrected chi connectivity index (χ4v) is 5.37. The summed E-state index contributed by atoms with van der Waals surface area (Å²) in [4.78, 5) is 12.8. The Kier molecular flexibility index (Phi) is 9.71. The number of ether oxygens (including phenoxy) is 4. The van der Waals surface area contributed by atoms with Crippen molar-refractivity contribution in [3.63, 3.8) is 0 Å². The molecular weight excluding hydrogens is 532 g/mol. The summed E-state index contributed by atoms with van der Waals surface area (Å²) in [6.07, 6.45) is 0. The minimum Gasteiger partial charge on any atom is -0.495 e. The molecule has 9 nitrogen and oxygen atoms in total. The molecule has 204 valence electrons. The standard InChI is InChI=1S/C27H31ClN2O7S/c1-18-6-9-23(19(2)14-18)37-13-12-29-27(31)17-30(22-15-20(28)7-10-24(22)34-3)38(32,33)21-8-11-25(35-4)26(16-21)36-5/h6-11,14-16H,12-13,17H2,1-5H3,(H,29,31). The third-order valence-electron chi connectivity index (χ3n) is 5.65. The predicted molar refractivity (Wildman–Crippen MR) is 147 cm³/mol. The average molecular weight is 563 g/mol. The molecule has 0 saturated heterocycles. The SMILES string of the molecule is COc1ccc(S(=O)(=O)N(CC(=O)NCCOc2ccc(C)cc2C)c2cc(Cl)ccc2OC)cc1OC. The number of hydrogen-bond acceptors (Lipinski definition) is 7. The number of carbonyl (C=O) groups excluding carboxylic acids is 1. The predicted octanol–water partition coefficient (Wildman–Crippen LogP) is 4.37. The molecule has 0 aliphatic carbocycles. The maximum Gasteiger partial charge on any atom is 0.265 e. The molecule has 1 N–H and O–H groups in total. The molecule has 0 saturated carbocycles. The summed E-state index contributed by atoms with van der Waals surface area (Å²) in [7, 11) is -0.0210. The number of aryl methyl sites for hydroxylation is 2. The van der Waals surface area contributed by atoms with Crippen molar-refractivity contribution in [1.82, 2.24) is 5.32 Å². The summed E-state index contributed by atoms with van der Waals surface area (Å²) in [6.45, 7) is 3.78. The first-order valence-corrected chi connectivity index (χ1v) is 13.5. The smallest absolute Gasteiger partial charge is 0.265 e. The number of nitrogens with zero attached hydrogens (tertiary/aromatic N) is 1. The van der Waals surface area contributed by atoms with Crippen LogP contribution in [-0.2, 0) is 14.8 Å². The van der Waals surface area contributed by atoms with Gasteiger partial charge in [0.2, 0.25) is 5.91 Å². The Hall–Kier alpha value is -3.63. The second-order valence-corrected chi connectivity index (χ2v) is 10.6. The van der Waals surface area contributed by atoms with Crippen molar-refractivity contribution in [3.05, 3.63) is 70.7 Å². The van der Waals surface area contributed by atoms with E-state index in [-0.39, 0.29) is 40.3 Å². The number of anilines is 1. The van der Waals surface area contributed by atoms with E-state index in [9.17, 15) is 13.2 Å². The van der Waals surface area contributed by atoms with Gasteiger partial charge in [-0.05, 0) is 55.8 Å². The molecule has 3 rings (SSSR count). The van der Waals surface area contributed by atoms with Gasteiger partial charge >= 0.3 is 0 Å². The van der Waals surface area contributed by atoms with Crippen LogP contribution in [-0.4, -0.2) is 55.4 Å². The molecule has 38 heavy (non-hydrogen) atoms. The van der Waals surface area contributed by atoms with E-state index in [1.54, 1.807) is 6.07 Å². The van der Waals surface area contributed by atoms with Crippen LogP contribution in [0.5, 0.6) is 23.0 Å². The van der Waals surface area contributed by atoms with E-state index in [0.717, 1.165) is 15.4 Å². The molecule has 3 aromatic rings. The number of halogens is 1. The van der Waals surface area contributed by atoms with Gasteiger partial charge in [0, 0.05) is 11.1 Å². The van der Waals surface area contributed by atoms with Crippen molar-refractivity contribution in [2.45, 2.75) is 18.7 Å². The van der Waals surface area contributed by atoms with Gasteiger partial charge in [0.25, 0.3) is 10.0 Å². The summed E-state index contributed by atoms with van der Waals surface area (Å²) in [6, 6.07) is 14.5. The fourth-order valence-electron chi connectivity index (χ4n) is 3.76. The lowest BCUT2D eigenvalue weighted by molar-refractivity contribution is -0.119. The van der Waals surface area contributed by atoms with Gasteiger partial charge in [-0.3, -0.25) is 9.10 Å². The molecule has 0 aliphatic heterocycles. The second-order valence-electron chi connectivity index (χ2n) is 8.31. The monoisotopic (exact) mass is 562 g/mol. The highest BCUT2D eigenvalue weighted by Gasteiger charge is 2.30. The molecule has 0 fully saturated rings. The second kappa shape index (κ2) is 12.7. The zero-order valence-electron chi connectivity index (χ0n) is 21.9. The third kappa shape index (κ3) is 6.81. The third-order valence-corrected chi connectivity index (χ3v) is 7.64. The van der Waals surface area contributed by atoms with Crippen LogP contribution >= 0.6 is 11.6 Å². The highest BCUT2D eigenvalue weighted by atomic mass is 35.5. The molecule has 1 amide bonds. The van der Waals surface area contributed by atoms with Crippen molar-refractivity contribution < 1.29 is 32.2 Å². The molecule has 0 radical (unpaired) electrons. The van der Waals surface area contributed by atoms with Gasteiger partial charge in [0.05, 0.1) is 38.5 Å². The maximum absolute atomic E-state index is 13.8. The molecule has 0 unspecified atom stereocenters. The van der Waals surface area contributed by atoms with Gasteiger partial charge in [0.15, 0.2) is 11.5 Å². The average Bonchev–Trinajstić information content (AvgIpc) is 2.90. The maximum atomic E-state index is 13.8. The lowest BCUT2D eigenvalue weighted by Crippen LogP contribution is -2.42. The minimum atomic E-state index is -4.27. The minimum absolute atomic E-state index is 0.108. The summed E-state index contributed by atoms with van der Waals surface area (Å²) in [5, 5.41) is 2.99. The molecule has 3 aromatic carbocycles. The van der Waals surface area contributed by atoms with Crippen molar-refractivity contribution >= 4 is 33.2 Å². The Morgan fingerprint density at radius 3 is 2.18 bits per heavy atom. The molecular formula is C27H31ClN2O7S. The highest BCUT2D eigenvalue weighted by Crippen LogP contribution is 2.37. The van der Waals surface area contributed by atoms with Crippen LogP contribution in [0.15, 0.2) is 59.5 Å². The van der Waals surface area contributed by atoms with Gasteiger partial charge < -0.3 is 24.3 Å². The van der Waals surface area contributed by atoms with Gasteiger partial charge in [0.1, 0.15) is 24.7 Å². The van der Waals surface area contributed by atoms with Gasteiger partial charge in [-0.15, -0.1) is 0 Å². The van der Waals surface area contributed by atoms with E-state index >= 15 is 0 Å². The number of carbonyl (C=O) groups is 1. The number of amides is 1. The van der Waals surface area contributed by atoms with Crippen LogP contribution < -0.4 is 28.6 Å². The van der Waals surface area contributed by atoms with Gasteiger partial charge in [-0.2, -0.15) is 0 Å². The Morgan fingerprint density at radius 1 is 0.868 bits per heavy atom. The van der Waals surface area contributed by atoms with Crippen LogP contribution in [0, 0.1) is 13.8 Å². The van der Waals surface area contributed by atoms with Crippen molar-refractivity contribution in [2.24, 2.45) is 0 Å². The van der Waals surface area contributed by atoms with E-state index in [1.807, 2.05) is 32.0 Å². The summed E-state index contributed by atoms with van der Waals surface area (Å²) < 4.78 is 50.2. The van der Waals surface area contributed by atoms with Crippen LogP contribution in [0.2, 0.25) is 5.02 Å². The molecule has 0 spiro atoms. The normalized spacial score (nSPS) is 11.0. The van der Waals surface area contributed by atoms with Gasteiger partial charge in [-0.25, -0.2) is 8.42 Å². The number of benzene rings is 3. The highest BCUT2D eigenvalue weighted by molar-refractivity contribution is 7.92. The summed E-state index contributed by atoms with van der Waals surface area (Å²) >= 11 is 6.19. The number of nitrogens with one attached hydrogen (secondary N) is 1. The van der Waals surface area contributed by atoms with Crippen LogP contribution in [0.1, 0.15) is 11.1 Å². The number of sulfonamides is 1. The van der Waals surface area contributed by atoms with Gasteiger partial charge in [-0.1, -0.05) is 29.3 Å². The van der Waals surface area contributed by atoms with E-state index in [2.05, 4.69) is 5.32 Å². The molecule has 0 atom stereocenters. The zero-order valence-corrected chi connectivity index (χ0v) is 23.5. The number of methoxy groups -OCH3 is 3. The lowest BCUT2D eigenvalue weighted by Gasteiger charge is -2.26. The van der Waals surface area contributed by atoms with Crippen molar-refractivity contribution in [1.29, 1.82) is 0 Å². The Balaban J connectivity index is 1.85. The molecule has 0 bridgehead atoms. The molecule has 11 heteroatoms. The largest absolute Gasteiger partial charge is 0.495 e. The quantitative estimate of drug-likeness (QED) is 0.327. The van der Waals surface area contributed by atoms with E-state index in [4.69, 9.17) is 30.5 Å². The molecule has 0 heterocycles. The van der Waals surface area contributed by atoms with Crippen LogP contribution in [0.3, 0.4) is 0 Å². The van der Waals surface area contributed by atoms with E-state index in [0.29, 0.717) is 11.5 Å². The molecule has 0 aliphatic rings. The van der Waals surface area contributed by atoms with E-state index < -0.39 is 22.5 Å². The van der Waals surface area contributed by atoms with Crippen LogP contribution in [0.4, 0.5) is 5.69 Å². The topological polar surface area (TPSA) is 103 Å². The summed E-state index contributed by atoms with van der Waals surface area (Å²) in [5.41, 5.74) is 2.21. The Bertz CT molecular complexity index is 1400. The lowest BCUT2D eigenvalue weighted by atomic mass is 10.1. The number of hydrogen-bond donors (Lipinski definition) is 1. The van der Waals surface area contributed by atoms with Crippen LogP contribution in [0.25, 0.3) is 0 Å². The molecule has 0 aromatic heterocycles. The zero-order chi connectivity index (χ0) is 27.9. The first-order chi connectivity index (χ1) is 18.1. The fraction of sp³-hybridized carbons (Fsp3) is 0.296. The first-order valence-electron chi connectivity index (χ1n) is 11.7. The van der Waals surface area contributed by atoms with Crippen molar-refractivity contribution in [3.8, 4) is 23.0 Å². The number of rotatable bonds is 12. The van der Waals surface area contributed by atoms with E-state index in [1.165, 1.54) is 51.7 Å². The summed E-state index contributed by atoms with van der Waals surface area (Å²) in [5.74, 6) is 0.982. The Morgan fingerprint density at radius 2 is 1.53 bits per heavy atom. The van der Waals surface area contributed by atoms with Crippen molar-refractivity contribution in [2.75, 3.05) is 45.3 Å². The first kappa shape index (κ1) is 28.9.